The standard InChI is InChI=1S/C19H20ClNO3S/c1-21(12-2-3-18(22)23)19(24)15-6-4-14(5-7-15)13-25-17-10-8-16(20)9-11-17/h4-11H,2-3,12-13H2,1H3,(H,22,23). The molecule has 0 aliphatic rings. The summed E-state index contributed by atoms with van der Waals surface area (Å²) < 4.78 is 0. The fraction of sp³-hybridized carbons (Fsp3) is 0.263. The van der Waals surface area contributed by atoms with Crippen molar-refractivity contribution in [2.24, 2.45) is 0 Å². The van der Waals surface area contributed by atoms with Crippen LogP contribution in [0.1, 0.15) is 28.8 Å². The lowest BCUT2D eigenvalue weighted by Crippen LogP contribution is -2.28. The van der Waals surface area contributed by atoms with Gasteiger partial charge in [0, 0.05) is 41.2 Å². The first kappa shape index (κ1) is 19.3. The van der Waals surface area contributed by atoms with Gasteiger partial charge in [-0.15, -0.1) is 11.8 Å². The first-order chi connectivity index (χ1) is 12.0. The first-order valence-corrected chi connectivity index (χ1v) is 9.26. The molecule has 0 aliphatic carbocycles. The van der Waals surface area contributed by atoms with Crippen LogP contribution in [0.5, 0.6) is 0 Å². The van der Waals surface area contributed by atoms with Gasteiger partial charge in [0.1, 0.15) is 0 Å². The highest BCUT2D eigenvalue weighted by Gasteiger charge is 2.11. The maximum Gasteiger partial charge on any atom is 0.303 e. The second kappa shape index (κ2) is 9.49. The number of halogens is 1. The van der Waals surface area contributed by atoms with Gasteiger partial charge in [-0.25, -0.2) is 0 Å². The molecule has 0 saturated heterocycles. The minimum absolute atomic E-state index is 0.0679. The highest BCUT2D eigenvalue weighted by atomic mass is 35.5. The van der Waals surface area contributed by atoms with Crippen molar-refractivity contribution in [1.29, 1.82) is 0 Å². The van der Waals surface area contributed by atoms with Crippen LogP contribution >= 0.6 is 23.4 Å². The van der Waals surface area contributed by atoms with Crippen LogP contribution in [0.2, 0.25) is 5.02 Å². The van der Waals surface area contributed by atoms with E-state index in [0.29, 0.717) is 18.5 Å². The zero-order valence-corrected chi connectivity index (χ0v) is 15.5. The number of rotatable bonds is 8. The summed E-state index contributed by atoms with van der Waals surface area (Å²) in [4.78, 5) is 25.5. The molecule has 6 heteroatoms. The van der Waals surface area contributed by atoms with E-state index in [9.17, 15) is 9.59 Å². The average molecular weight is 378 g/mol. The van der Waals surface area contributed by atoms with Crippen LogP contribution in [0.15, 0.2) is 53.4 Å². The molecule has 0 saturated carbocycles. The smallest absolute Gasteiger partial charge is 0.303 e. The Labute approximate surface area is 156 Å². The lowest BCUT2D eigenvalue weighted by atomic mass is 10.1. The number of carbonyl (C=O) groups is 2. The second-order valence-corrected chi connectivity index (χ2v) is 7.15. The van der Waals surface area contributed by atoms with Gasteiger partial charge in [-0.2, -0.15) is 0 Å². The van der Waals surface area contributed by atoms with Gasteiger partial charge in [0.2, 0.25) is 0 Å². The van der Waals surface area contributed by atoms with Crippen LogP contribution in [-0.2, 0) is 10.5 Å². The third kappa shape index (κ3) is 6.44. The van der Waals surface area contributed by atoms with Crippen molar-refractivity contribution in [2.45, 2.75) is 23.5 Å². The predicted octanol–water partition coefficient (Wildman–Crippen LogP) is 4.57. The number of carbonyl (C=O) groups excluding carboxylic acids is 1. The monoisotopic (exact) mass is 377 g/mol. The van der Waals surface area contributed by atoms with Gasteiger partial charge in [-0.1, -0.05) is 23.7 Å². The number of hydrogen-bond acceptors (Lipinski definition) is 3. The summed E-state index contributed by atoms with van der Waals surface area (Å²) in [7, 11) is 1.69. The Bertz CT molecular complexity index is 716. The number of nitrogens with zero attached hydrogens (tertiary/aromatic N) is 1. The van der Waals surface area contributed by atoms with Crippen molar-refractivity contribution in [1.82, 2.24) is 4.90 Å². The lowest BCUT2D eigenvalue weighted by Gasteiger charge is -2.16. The maximum atomic E-state index is 12.3. The van der Waals surface area contributed by atoms with E-state index in [0.717, 1.165) is 21.2 Å². The molecule has 0 bridgehead atoms. The van der Waals surface area contributed by atoms with E-state index in [1.54, 1.807) is 23.7 Å². The average Bonchev–Trinajstić information content (AvgIpc) is 2.60. The Kier molecular flexibility index (Phi) is 7.34. The van der Waals surface area contributed by atoms with Crippen LogP contribution in [0.25, 0.3) is 0 Å². The van der Waals surface area contributed by atoms with Crippen molar-refractivity contribution in [2.75, 3.05) is 13.6 Å². The summed E-state index contributed by atoms with van der Waals surface area (Å²) in [6.07, 6.45) is 0.520. The number of benzene rings is 2. The van der Waals surface area contributed by atoms with E-state index >= 15 is 0 Å². The topological polar surface area (TPSA) is 57.6 Å². The van der Waals surface area contributed by atoms with Gasteiger partial charge in [-0.3, -0.25) is 9.59 Å². The van der Waals surface area contributed by atoms with Crippen LogP contribution < -0.4 is 0 Å². The maximum absolute atomic E-state index is 12.3. The molecule has 0 spiro atoms. The second-order valence-electron chi connectivity index (χ2n) is 5.66. The Morgan fingerprint density at radius 2 is 1.72 bits per heavy atom. The van der Waals surface area contributed by atoms with Crippen molar-refractivity contribution in [3.05, 3.63) is 64.7 Å². The Morgan fingerprint density at radius 3 is 2.32 bits per heavy atom. The van der Waals surface area contributed by atoms with Gasteiger partial charge in [0.25, 0.3) is 5.91 Å². The SMILES string of the molecule is CN(CCCC(=O)O)C(=O)c1ccc(CSc2ccc(Cl)cc2)cc1. The minimum Gasteiger partial charge on any atom is -0.481 e. The highest BCUT2D eigenvalue weighted by molar-refractivity contribution is 7.98. The predicted molar refractivity (Wildman–Crippen MR) is 101 cm³/mol. The number of aliphatic carboxylic acids is 1. The summed E-state index contributed by atoms with van der Waals surface area (Å²) in [5.41, 5.74) is 1.74. The molecule has 1 amide bonds. The van der Waals surface area contributed by atoms with Crippen molar-refractivity contribution >= 4 is 35.2 Å². The minimum atomic E-state index is -0.844. The number of carboxylic acids is 1. The molecule has 0 aliphatic heterocycles. The van der Waals surface area contributed by atoms with Gasteiger partial charge in [0.05, 0.1) is 0 Å². The van der Waals surface area contributed by atoms with Gasteiger partial charge >= 0.3 is 5.97 Å². The molecule has 0 atom stereocenters. The van der Waals surface area contributed by atoms with Gasteiger partial charge < -0.3 is 10.0 Å². The molecule has 2 aromatic rings. The number of amides is 1. The molecule has 4 nitrogen and oxygen atoms in total. The van der Waals surface area contributed by atoms with E-state index in [4.69, 9.17) is 16.7 Å². The normalized spacial score (nSPS) is 10.5. The van der Waals surface area contributed by atoms with E-state index in [1.165, 1.54) is 0 Å². The molecule has 0 fully saturated rings. The Morgan fingerprint density at radius 1 is 1.08 bits per heavy atom. The molecule has 0 unspecified atom stereocenters. The summed E-state index contributed by atoms with van der Waals surface area (Å²) in [6.45, 7) is 0.430. The van der Waals surface area contributed by atoms with Crippen molar-refractivity contribution in [3.63, 3.8) is 0 Å². The van der Waals surface area contributed by atoms with Crippen LogP contribution in [0.4, 0.5) is 0 Å². The highest BCUT2D eigenvalue weighted by Crippen LogP contribution is 2.24. The molecular weight excluding hydrogens is 358 g/mol. The number of hydrogen-bond donors (Lipinski definition) is 1. The molecule has 25 heavy (non-hydrogen) atoms. The summed E-state index contributed by atoms with van der Waals surface area (Å²) >= 11 is 7.58. The third-order valence-electron chi connectivity index (χ3n) is 3.65. The Balaban J connectivity index is 1.86. The molecule has 0 radical (unpaired) electrons. The van der Waals surface area contributed by atoms with Crippen LogP contribution in [-0.4, -0.2) is 35.5 Å². The van der Waals surface area contributed by atoms with E-state index in [2.05, 4.69) is 0 Å². The molecule has 132 valence electrons. The fourth-order valence-electron chi connectivity index (χ4n) is 2.23. The zero-order valence-electron chi connectivity index (χ0n) is 13.9. The van der Waals surface area contributed by atoms with Crippen molar-refractivity contribution in [3.8, 4) is 0 Å². The zero-order chi connectivity index (χ0) is 18.2. The Hall–Kier alpha value is -1.98. The summed E-state index contributed by atoms with van der Waals surface area (Å²) in [6, 6.07) is 15.2. The van der Waals surface area contributed by atoms with E-state index in [-0.39, 0.29) is 12.3 Å². The van der Waals surface area contributed by atoms with Crippen molar-refractivity contribution < 1.29 is 14.7 Å². The lowest BCUT2D eigenvalue weighted by molar-refractivity contribution is -0.137. The summed E-state index contributed by atoms with van der Waals surface area (Å²) in [5.74, 6) is -0.129. The van der Waals surface area contributed by atoms with Crippen LogP contribution in [0.3, 0.4) is 0 Å². The molecule has 2 aromatic carbocycles. The fourth-order valence-corrected chi connectivity index (χ4v) is 3.21. The quantitative estimate of drug-likeness (QED) is 0.684. The van der Waals surface area contributed by atoms with Crippen LogP contribution in [0, 0.1) is 0 Å². The first-order valence-electron chi connectivity index (χ1n) is 7.90. The van der Waals surface area contributed by atoms with E-state index < -0.39 is 5.97 Å². The molecule has 2 rings (SSSR count). The molecule has 0 aromatic heterocycles. The largest absolute Gasteiger partial charge is 0.481 e. The molecular formula is C19H20ClNO3S. The van der Waals surface area contributed by atoms with E-state index in [1.807, 2.05) is 48.5 Å². The number of thioether (sulfide) groups is 1. The molecule has 0 heterocycles. The molecule has 1 N–H and O–H groups in total. The summed E-state index contributed by atoms with van der Waals surface area (Å²) in [5, 5.41) is 9.37. The van der Waals surface area contributed by atoms with Gasteiger partial charge in [0.15, 0.2) is 0 Å². The number of carboxylic acid groups (broad SMARTS) is 1. The third-order valence-corrected chi connectivity index (χ3v) is 4.99. The van der Waals surface area contributed by atoms with Gasteiger partial charge in [-0.05, 0) is 48.4 Å².